The molecule has 30 heavy (non-hydrogen) atoms. The molecule has 3 aromatic rings. The smallest absolute Gasteiger partial charge is 0.244 e. The lowest BCUT2D eigenvalue weighted by Crippen LogP contribution is -2.43. The Labute approximate surface area is 175 Å². The first kappa shape index (κ1) is 20.1. The number of aromatic nitrogens is 2. The SMILES string of the molecule is Cc1ccc(C(CNC(=O)/C=C/c2cnn(-c3ccccc3)c2)N2CCOCC2)o1. The van der Waals surface area contributed by atoms with E-state index in [2.05, 4.69) is 15.3 Å². The quantitative estimate of drug-likeness (QED) is 0.611. The summed E-state index contributed by atoms with van der Waals surface area (Å²) in [5.74, 6) is 1.58. The fourth-order valence-corrected chi connectivity index (χ4v) is 3.50. The van der Waals surface area contributed by atoms with Crippen molar-refractivity contribution in [1.82, 2.24) is 20.0 Å². The lowest BCUT2D eigenvalue weighted by Gasteiger charge is -2.33. The van der Waals surface area contributed by atoms with Crippen molar-refractivity contribution >= 4 is 12.0 Å². The second-order valence-electron chi connectivity index (χ2n) is 7.24. The predicted molar refractivity (Wildman–Crippen MR) is 114 cm³/mol. The van der Waals surface area contributed by atoms with Crippen LogP contribution in [0.3, 0.4) is 0 Å². The van der Waals surface area contributed by atoms with Gasteiger partial charge in [0.25, 0.3) is 0 Å². The maximum Gasteiger partial charge on any atom is 0.244 e. The number of morpholine rings is 1. The summed E-state index contributed by atoms with van der Waals surface area (Å²) in [6, 6.07) is 13.8. The molecule has 7 heteroatoms. The van der Waals surface area contributed by atoms with Gasteiger partial charge in [0.05, 0.1) is 31.1 Å². The fraction of sp³-hybridized carbons (Fsp3) is 0.304. The van der Waals surface area contributed by atoms with Gasteiger partial charge in [-0.3, -0.25) is 9.69 Å². The summed E-state index contributed by atoms with van der Waals surface area (Å²) in [6.07, 6.45) is 6.93. The molecule has 1 unspecified atom stereocenters. The number of nitrogens with one attached hydrogen (secondary N) is 1. The standard InChI is InChI=1S/C23H26N4O3/c1-18-7-9-22(30-18)21(26-11-13-29-14-12-26)16-24-23(28)10-8-19-15-25-27(17-19)20-5-3-2-4-6-20/h2-10,15,17,21H,11-14,16H2,1H3,(H,24,28)/b10-8+. The Bertz CT molecular complexity index is 987. The zero-order valence-corrected chi connectivity index (χ0v) is 17.0. The van der Waals surface area contributed by atoms with Gasteiger partial charge in [0.1, 0.15) is 11.5 Å². The highest BCUT2D eigenvalue weighted by molar-refractivity contribution is 5.91. The molecule has 3 heterocycles. The van der Waals surface area contributed by atoms with Gasteiger partial charge in [0, 0.05) is 37.5 Å². The number of para-hydroxylation sites is 1. The number of nitrogens with zero attached hydrogens (tertiary/aromatic N) is 3. The van der Waals surface area contributed by atoms with Gasteiger partial charge in [-0.25, -0.2) is 4.68 Å². The van der Waals surface area contributed by atoms with Crippen LogP contribution in [0.25, 0.3) is 11.8 Å². The van der Waals surface area contributed by atoms with Crippen LogP contribution in [0.5, 0.6) is 0 Å². The highest BCUT2D eigenvalue weighted by Crippen LogP contribution is 2.23. The first-order chi connectivity index (χ1) is 14.7. The van der Waals surface area contributed by atoms with Gasteiger partial charge < -0.3 is 14.5 Å². The van der Waals surface area contributed by atoms with Crippen LogP contribution < -0.4 is 5.32 Å². The molecule has 0 radical (unpaired) electrons. The lowest BCUT2D eigenvalue weighted by atomic mass is 10.1. The number of ether oxygens (including phenoxy) is 1. The average Bonchev–Trinajstić information content (AvgIpc) is 3.43. The third-order valence-electron chi connectivity index (χ3n) is 5.10. The molecular formula is C23H26N4O3. The summed E-state index contributed by atoms with van der Waals surface area (Å²) in [5, 5.41) is 7.35. The Balaban J connectivity index is 1.37. The number of hydrogen-bond donors (Lipinski definition) is 1. The Morgan fingerprint density at radius 2 is 2.00 bits per heavy atom. The van der Waals surface area contributed by atoms with E-state index >= 15 is 0 Å². The van der Waals surface area contributed by atoms with Gasteiger partial charge in [-0.15, -0.1) is 0 Å². The molecule has 1 atom stereocenters. The van der Waals surface area contributed by atoms with Gasteiger partial charge in [-0.1, -0.05) is 18.2 Å². The van der Waals surface area contributed by atoms with Gasteiger partial charge >= 0.3 is 0 Å². The number of benzene rings is 1. The molecule has 4 rings (SSSR count). The van der Waals surface area contributed by atoms with Crippen LogP contribution in [0, 0.1) is 6.92 Å². The Kier molecular flexibility index (Phi) is 6.41. The first-order valence-corrected chi connectivity index (χ1v) is 10.1. The van der Waals surface area contributed by atoms with E-state index in [-0.39, 0.29) is 11.9 Å². The van der Waals surface area contributed by atoms with Crippen molar-refractivity contribution in [2.45, 2.75) is 13.0 Å². The Morgan fingerprint density at radius 1 is 1.20 bits per heavy atom. The molecule has 1 aliphatic rings. The van der Waals surface area contributed by atoms with Crippen LogP contribution in [-0.2, 0) is 9.53 Å². The lowest BCUT2D eigenvalue weighted by molar-refractivity contribution is -0.116. The van der Waals surface area contributed by atoms with Gasteiger partial charge in [0.2, 0.25) is 5.91 Å². The van der Waals surface area contributed by atoms with Crippen LogP contribution in [0.4, 0.5) is 0 Å². The van der Waals surface area contributed by atoms with E-state index in [1.54, 1.807) is 17.0 Å². The predicted octanol–water partition coefficient (Wildman–Crippen LogP) is 2.98. The van der Waals surface area contributed by atoms with Crippen molar-refractivity contribution in [3.05, 3.63) is 78.0 Å². The van der Waals surface area contributed by atoms with E-state index in [0.29, 0.717) is 19.8 Å². The van der Waals surface area contributed by atoms with Gasteiger partial charge in [-0.2, -0.15) is 5.10 Å². The number of amides is 1. The topological polar surface area (TPSA) is 72.5 Å². The van der Waals surface area contributed by atoms with Crippen LogP contribution in [0.2, 0.25) is 0 Å². The van der Waals surface area contributed by atoms with Crippen molar-refractivity contribution in [3.63, 3.8) is 0 Å². The minimum absolute atomic E-state index is 0.0132. The maximum atomic E-state index is 12.4. The van der Waals surface area contributed by atoms with Crippen LogP contribution in [-0.4, -0.2) is 53.4 Å². The summed E-state index contributed by atoms with van der Waals surface area (Å²) < 4.78 is 13.1. The van der Waals surface area contributed by atoms with E-state index in [4.69, 9.17) is 9.15 Å². The molecule has 1 N–H and O–H groups in total. The molecular weight excluding hydrogens is 380 g/mol. The van der Waals surface area contributed by atoms with E-state index in [0.717, 1.165) is 35.9 Å². The number of rotatable bonds is 7. The molecule has 0 spiro atoms. The van der Waals surface area contributed by atoms with E-state index < -0.39 is 0 Å². The maximum absolute atomic E-state index is 12.4. The highest BCUT2D eigenvalue weighted by atomic mass is 16.5. The van der Waals surface area contributed by atoms with E-state index in [1.807, 2.05) is 55.6 Å². The van der Waals surface area contributed by atoms with Crippen LogP contribution >= 0.6 is 0 Å². The number of carbonyl (C=O) groups is 1. The van der Waals surface area contributed by atoms with Crippen molar-refractivity contribution in [2.24, 2.45) is 0 Å². The molecule has 1 amide bonds. The normalized spacial score (nSPS) is 16.0. The van der Waals surface area contributed by atoms with Crippen LogP contribution in [0.15, 0.2) is 65.4 Å². The molecule has 156 valence electrons. The third-order valence-corrected chi connectivity index (χ3v) is 5.10. The van der Waals surface area contributed by atoms with Crippen molar-refractivity contribution in [1.29, 1.82) is 0 Å². The molecule has 2 aromatic heterocycles. The number of carbonyl (C=O) groups excluding carboxylic acids is 1. The van der Waals surface area contributed by atoms with Gasteiger partial charge in [-0.05, 0) is 37.3 Å². The van der Waals surface area contributed by atoms with E-state index in [9.17, 15) is 4.79 Å². The second-order valence-corrected chi connectivity index (χ2v) is 7.24. The summed E-state index contributed by atoms with van der Waals surface area (Å²) in [4.78, 5) is 14.7. The molecule has 7 nitrogen and oxygen atoms in total. The average molecular weight is 406 g/mol. The molecule has 1 aliphatic heterocycles. The molecule has 0 bridgehead atoms. The number of aryl methyl sites for hydroxylation is 1. The number of hydrogen-bond acceptors (Lipinski definition) is 5. The van der Waals surface area contributed by atoms with Crippen molar-refractivity contribution in [3.8, 4) is 5.69 Å². The first-order valence-electron chi connectivity index (χ1n) is 10.1. The minimum atomic E-state index is -0.149. The molecule has 1 fully saturated rings. The second kappa shape index (κ2) is 9.56. The van der Waals surface area contributed by atoms with Crippen LogP contribution in [0.1, 0.15) is 23.1 Å². The molecule has 0 saturated carbocycles. The molecule has 0 aliphatic carbocycles. The fourth-order valence-electron chi connectivity index (χ4n) is 3.50. The highest BCUT2D eigenvalue weighted by Gasteiger charge is 2.25. The largest absolute Gasteiger partial charge is 0.465 e. The number of furan rings is 1. The molecule has 1 saturated heterocycles. The Morgan fingerprint density at radius 3 is 2.73 bits per heavy atom. The summed E-state index contributed by atoms with van der Waals surface area (Å²) >= 11 is 0. The van der Waals surface area contributed by atoms with E-state index in [1.165, 1.54) is 6.08 Å². The van der Waals surface area contributed by atoms with Crippen molar-refractivity contribution in [2.75, 3.05) is 32.8 Å². The summed E-state index contributed by atoms with van der Waals surface area (Å²) in [7, 11) is 0. The zero-order chi connectivity index (χ0) is 20.8. The summed E-state index contributed by atoms with van der Waals surface area (Å²) in [5.41, 5.74) is 1.84. The molecule has 1 aromatic carbocycles. The third kappa shape index (κ3) is 5.06. The van der Waals surface area contributed by atoms with Crippen molar-refractivity contribution < 1.29 is 13.9 Å². The zero-order valence-electron chi connectivity index (χ0n) is 17.0. The monoisotopic (exact) mass is 406 g/mol. The summed E-state index contributed by atoms with van der Waals surface area (Å²) in [6.45, 7) is 5.41. The Hall–Kier alpha value is -3.16. The minimum Gasteiger partial charge on any atom is -0.465 e. The van der Waals surface area contributed by atoms with Gasteiger partial charge in [0.15, 0.2) is 0 Å².